The molecule has 0 spiro atoms. The molecule has 0 saturated carbocycles. The van der Waals surface area contributed by atoms with Crippen LogP contribution in [0.25, 0.3) is 0 Å². The molecule has 0 radical (unpaired) electrons. The Balaban J connectivity index is 1.56. The molecular formula is C18H25N3S. The van der Waals surface area contributed by atoms with Crippen LogP contribution >= 0.6 is 12.2 Å². The van der Waals surface area contributed by atoms with Crippen molar-refractivity contribution in [1.82, 2.24) is 10.2 Å². The van der Waals surface area contributed by atoms with Crippen LogP contribution in [0.15, 0.2) is 43.0 Å². The van der Waals surface area contributed by atoms with Crippen molar-refractivity contribution in [3.8, 4) is 0 Å². The number of para-hydroxylation sites is 1. The molecule has 0 aliphatic carbocycles. The molecule has 2 saturated heterocycles. The molecule has 4 heteroatoms. The number of benzene rings is 1. The zero-order valence-corrected chi connectivity index (χ0v) is 13.8. The Bertz CT molecular complexity index is 502. The summed E-state index contributed by atoms with van der Waals surface area (Å²) >= 11 is 5.48. The van der Waals surface area contributed by atoms with E-state index in [1.54, 1.807) is 0 Å². The van der Waals surface area contributed by atoms with E-state index >= 15 is 0 Å². The van der Waals surface area contributed by atoms with Crippen molar-refractivity contribution in [3.63, 3.8) is 0 Å². The van der Waals surface area contributed by atoms with Crippen LogP contribution in [0.5, 0.6) is 0 Å². The van der Waals surface area contributed by atoms with E-state index in [1.807, 2.05) is 36.4 Å². The van der Waals surface area contributed by atoms with Gasteiger partial charge in [-0.3, -0.25) is 4.90 Å². The molecule has 2 aliphatic rings. The standard InChI is InChI=1S/C18H25N3S/c1-2-11-21-16-9-6-10-17(21)13-15(12-16)20-18(22)19-14-7-4-3-5-8-14/h2-5,7-8,15-17H,1,6,9-13H2,(H2,19,20,22)/t16-,17-/m0/s1. The number of hydrogen-bond donors (Lipinski definition) is 2. The highest BCUT2D eigenvalue weighted by Gasteiger charge is 2.37. The molecule has 0 unspecified atom stereocenters. The lowest BCUT2D eigenvalue weighted by molar-refractivity contribution is 0.0389. The molecule has 22 heavy (non-hydrogen) atoms. The number of rotatable bonds is 4. The van der Waals surface area contributed by atoms with Gasteiger partial charge in [0.2, 0.25) is 0 Å². The van der Waals surface area contributed by atoms with Gasteiger partial charge < -0.3 is 10.6 Å². The topological polar surface area (TPSA) is 27.3 Å². The van der Waals surface area contributed by atoms with E-state index in [4.69, 9.17) is 12.2 Å². The SMILES string of the molecule is C=CCN1[C@H]2CCC[C@H]1CC(NC(=S)Nc1ccccc1)C2. The Labute approximate surface area is 138 Å². The summed E-state index contributed by atoms with van der Waals surface area (Å²) in [5, 5.41) is 7.55. The first-order chi connectivity index (χ1) is 10.8. The molecular weight excluding hydrogens is 290 g/mol. The molecule has 1 aromatic carbocycles. The van der Waals surface area contributed by atoms with Crippen LogP contribution in [0.2, 0.25) is 0 Å². The van der Waals surface area contributed by atoms with E-state index in [9.17, 15) is 0 Å². The first-order valence-electron chi connectivity index (χ1n) is 8.25. The third-order valence-electron chi connectivity index (χ3n) is 4.83. The highest BCUT2D eigenvalue weighted by Crippen LogP contribution is 2.33. The summed E-state index contributed by atoms with van der Waals surface area (Å²) in [5.41, 5.74) is 1.05. The number of hydrogen-bond acceptors (Lipinski definition) is 2. The largest absolute Gasteiger partial charge is 0.360 e. The highest BCUT2D eigenvalue weighted by atomic mass is 32.1. The minimum Gasteiger partial charge on any atom is -0.360 e. The number of fused-ring (bicyclic) bond motifs is 2. The second kappa shape index (κ2) is 7.25. The molecule has 118 valence electrons. The number of nitrogens with zero attached hydrogens (tertiary/aromatic N) is 1. The van der Waals surface area contributed by atoms with Gasteiger partial charge in [0.1, 0.15) is 0 Å². The zero-order valence-electron chi connectivity index (χ0n) is 13.0. The average molecular weight is 315 g/mol. The van der Waals surface area contributed by atoms with E-state index in [1.165, 1.54) is 32.1 Å². The predicted octanol–water partition coefficient (Wildman–Crippen LogP) is 3.54. The maximum Gasteiger partial charge on any atom is 0.170 e. The van der Waals surface area contributed by atoms with Crippen molar-refractivity contribution in [1.29, 1.82) is 0 Å². The fourth-order valence-corrected chi connectivity index (χ4v) is 4.20. The van der Waals surface area contributed by atoms with Gasteiger partial charge in [-0.15, -0.1) is 6.58 Å². The van der Waals surface area contributed by atoms with E-state index in [2.05, 4.69) is 22.1 Å². The highest BCUT2D eigenvalue weighted by molar-refractivity contribution is 7.80. The average Bonchev–Trinajstić information content (AvgIpc) is 2.49. The zero-order chi connectivity index (χ0) is 15.4. The Morgan fingerprint density at radius 3 is 2.55 bits per heavy atom. The maximum atomic E-state index is 5.48. The van der Waals surface area contributed by atoms with E-state index in [0.29, 0.717) is 18.1 Å². The lowest BCUT2D eigenvalue weighted by Gasteiger charge is -2.48. The van der Waals surface area contributed by atoms with Crippen LogP contribution < -0.4 is 10.6 Å². The molecule has 1 aromatic rings. The predicted molar refractivity (Wildman–Crippen MR) is 97.2 cm³/mol. The monoisotopic (exact) mass is 315 g/mol. The van der Waals surface area contributed by atoms with Gasteiger partial charge in [-0.05, 0) is 50.0 Å². The Morgan fingerprint density at radius 2 is 1.91 bits per heavy atom. The molecule has 3 rings (SSSR count). The molecule has 2 bridgehead atoms. The summed E-state index contributed by atoms with van der Waals surface area (Å²) in [5.74, 6) is 0. The van der Waals surface area contributed by atoms with Crippen molar-refractivity contribution in [2.24, 2.45) is 0 Å². The van der Waals surface area contributed by atoms with Crippen LogP contribution in [-0.4, -0.2) is 34.7 Å². The fourth-order valence-electron chi connectivity index (χ4n) is 3.92. The van der Waals surface area contributed by atoms with Gasteiger partial charge in [-0.2, -0.15) is 0 Å². The second-order valence-corrected chi connectivity index (χ2v) is 6.77. The Morgan fingerprint density at radius 1 is 1.23 bits per heavy atom. The molecule has 2 N–H and O–H groups in total. The summed E-state index contributed by atoms with van der Waals surface area (Å²) in [6.07, 6.45) is 8.38. The van der Waals surface area contributed by atoms with Gasteiger partial charge in [-0.25, -0.2) is 0 Å². The van der Waals surface area contributed by atoms with Crippen LogP contribution in [0.3, 0.4) is 0 Å². The molecule has 0 amide bonds. The van der Waals surface area contributed by atoms with Crippen LogP contribution in [-0.2, 0) is 0 Å². The first-order valence-corrected chi connectivity index (χ1v) is 8.66. The maximum absolute atomic E-state index is 5.48. The van der Waals surface area contributed by atoms with Crippen molar-refractivity contribution in [2.45, 2.75) is 50.2 Å². The van der Waals surface area contributed by atoms with Crippen LogP contribution in [0.4, 0.5) is 5.69 Å². The van der Waals surface area contributed by atoms with E-state index in [-0.39, 0.29) is 0 Å². The summed E-state index contributed by atoms with van der Waals surface area (Å²) < 4.78 is 0. The van der Waals surface area contributed by atoms with Gasteiger partial charge in [0, 0.05) is 30.4 Å². The second-order valence-electron chi connectivity index (χ2n) is 6.36. The van der Waals surface area contributed by atoms with Crippen LogP contribution in [0, 0.1) is 0 Å². The quantitative estimate of drug-likeness (QED) is 0.656. The number of thiocarbonyl (C=S) groups is 1. The molecule has 2 heterocycles. The Kier molecular flexibility index (Phi) is 5.11. The summed E-state index contributed by atoms with van der Waals surface area (Å²) in [6, 6.07) is 12.0. The number of anilines is 1. The number of piperidine rings is 2. The minimum atomic E-state index is 0.486. The van der Waals surface area contributed by atoms with Crippen molar-refractivity contribution in [3.05, 3.63) is 43.0 Å². The molecule has 2 atom stereocenters. The van der Waals surface area contributed by atoms with Gasteiger partial charge in [0.05, 0.1) is 0 Å². The molecule has 0 aromatic heterocycles. The molecule has 2 fully saturated rings. The molecule has 2 aliphatic heterocycles. The van der Waals surface area contributed by atoms with Gasteiger partial charge >= 0.3 is 0 Å². The summed E-state index contributed by atoms with van der Waals surface area (Å²) in [7, 11) is 0. The third-order valence-corrected chi connectivity index (χ3v) is 5.05. The van der Waals surface area contributed by atoms with Crippen molar-refractivity contribution < 1.29 is 0 Å². The van der Waals surface area contributed by atoms with Gasteiger partial charge in [0.25, 0.3) is 0 Å². The summed E-state index contributed by atoms with van der Waals surface area (Å²) in [4.78, 5) is 2.64. The van der Waals surface area contributed by atoms with Gasteiger partial charge in [-0.1, -0.05) is 30.7 Å². The lowest BCUT2D eigenvalue weighted by atomic mass is 9.82. The number of nitrogens with one attached hydrogen (secondary N) is 2. The minimum absolute atomic E-state index is 0.486. The van der Waals surface area contributed by atoms with E-state index < -0.39 is 0 Å². The smallest absolute Gasteiger partial charge is 0.170 e. The Hall–Kier alpha value is -1.39. The summed E-state index contributed by atoms with van der Waals surface area (Å²) in [6.45, 7) is 4.93. The van der Waals surface area contributed by atoms with Crippen molar-refractivity contribution in [2.75, 3.05) is 11.9 Å². The first kappa shape index (κ1) is 15.5. The van der Waals surface area contributed by atoms with E-state index in [0.717, 1.165) is 17.3 Å². The van der Waals surface area contributed by atoms with Crippen molar-refractivity contribution >= 4 is 23.0 Å². The third kappa shape index (κ3) is 3.68. The fraction of sp³-hybridized carbons (Fsp3) is 0.500. The molecule has 3 nitrogen and oxygen atoms in total. The normalized spacial score (nSPS) is 27.9. The van der Waals surface area contributed by atoms with Gasteiger partial charge in [0.15, 0.2) is 5.11 Å². The van der Waals surface area contributed by atoms with Crippen LogP contribution in [0.1, 0.15) is 32.1 Å². The lowest BCUT2D eigenvalue weighted by Crippen LogP contribution is -2.57.